The van der Waals surface area contributed by atoms with Gasteiger partial charge in [0.05, 0.1) is 6.61 Å². The molecule has 0 saturated carbocycles. The van der Waals surface area contributed by atoms with Crippen molar-refractivity contribution in [3.8, 4) is 28.0 Å². The highest BCUT2D eigenvalue weighted by molar-refractivity contribution is 5.71. The summed E-state index contributed by atoms with van der Waals surface area (Å²) in [6, 6.07) is 22.4. The molecule has 0 radical (unpaired) electrons. The lowest BCUT2D eigenvalue weighted by Crippen LogP contribution is -1.98. The van der Waals surface area contributed by atoms with E-state index in [9.17, 15) is 4.39 Å². The minimum Gasteiger partial charge on any atom is -0.491 e. The van der Waals surface area contributed by atoms with Gasteiger partial charge < -0.3 is 4.74 Å². The fourth-order valence-corrected chi connectivity index (χ4v) is 3.42. The van der Waals surface area contributed by atoms with Crippen molar-refractivity contribution >= 4 is 0 Å². The van der Waals surface area contributed by atoms with Crippen LogP contribution in [0.5, 0.6) is 5.75 Å². The second-order valence-corrected chi connectivity index (χ2v) is 7.58. The lowest BCUT2D eigenvalue weighted by Gasteiger charge is -2.09. The summed E-state index contributed by atoms with van der Waals surface area (Å²) in [4.78, 5) is 0. The van der Waals surface area contributed by atoms with E-state index in [1.807, 2.05) is 6.07 Å². The molecule has 0 aromatic heterocycles. The number of rotatable bonds is 10. The van der Waals surface area contributed by atoms with E-state index in [2.05, 4.69) is 62.4 Å². The van der Waals surface area contributed by atoms with E-state index in [4.69, 9.17) is 4.74 Å². The van der Waals surface area contributed by atoms with Gasteiger partial charge in [0.25, 0.3) is 0 Å². The third kappa shape index (κ3) is 5.93. The maximum Gasteiger partial charge on any atom is 0.165 e. The second kappa shape index (κ2) is 10.8. The Morgan fingerprint density at radius 3 is 1.79 bits per heavy atom. The van der Waals surface area contributed by atoms with Gasteiger partial charge in [-0.15, -0.1) is 0 Å². The predicted octanol–water partition coefficient (Wildman–Crippen LogP) is 8.07. The van der Waals surface area contributed by atoms with Crippen LogP contribution in [0.3, 0.4) is 0 Å². The molecular formula is C27H31FO. The molecule has 0 aliphatic carbocycles. The van der Waals surface area contributed by atoms with Gasteiger partial charge in [-0.3, -0.25) is 0 Å². The van der Waals surface area contributed by atoms with Crippen LogP contribution < -0.4 is 4.74 Å². The molecule has 0 fully saturated rings. The molecule has 0 heterocycles. The molecule has 3 aromatic carbocycles. The van der Waals surface area contributed by atoms with Gasteiger partial charge in [0.15, 0.2) is 11.6 Å². The lowest BCUT2D eigenvalue weighted by atomic mass is 9.98. The number of hydrogen-bond acceptors (Lipinski definition) is 1. The van der Waals surface area contributed by atoms with Crippen LogP contribution in [0.25, 0.3) is 22.3 Å². The average Bonchev–Trinajstić information content (AvgIpc) is 2.76. The fraction of sp³-hybridized carbons (Fsp3) is 0.333. The molecule has 0 spiro atoms. The summed E-state index contributed by atoms with van der Waals surface area (Å²) in [7, 11) is 0. The van der Waals surface area contributed by atoms with Gasteiger partial charge in [-0.1, -0.05) is 87.7 Å². The molecule has 0 unspecified atom stereocenters. The molecule has 3 aromatic rings. The second-order valence-electron chi connectivity index (χ2n) is 7.58. The zero-order valence-electron chi connectivity index (χ0n) is 17.6. The van der Waals surface area contributed by atoms with Gasteiger partial charge in [-0.2, -0.15) is 0 Å². The lowest BCUT2D eigenvalue weighted by molar-refractivity contribution is 0.294. The van der Waals surface area contributed by atoms with Gasteiger partial charge in [-0.25, -0.2) is 4.39 Å². The molecule has 29 heavy (non-hydrogen) atoms. The molecule has 0 bridgehead atoms. The van der Waals surface area contributed by atoms with Crippen molar-refractivity contribution < 1.29 is 9.13 Å². The first-order chi connectivity index (χ1) is 14.2. The summed E-state index contributed by atoms with van der Waals surface area (Å²) in [6.45, 7) is 4.88. The van der Waals surface area contributed by atoms with Crippen LogP contribution in [0, 0.1) is 5.82 Å². The zero-order valence-corrected chi connectivity index (χ0v) is 17.6. The number of ether oxygens (including phenoxy) is 1. The molecule has 3 rings (SSSR count). The van der Waals surface area contributed by atoms with Gasteiger partial charge in [0.2, 0.25) is 0 Å². The molecule has 0 saturated heterocycles. The van der Waals surface area contributed by atoms with Gasteiger partial charge in [0, 0.05) is 0 Å². The smallest absolute Gasteiger partial charge is 0.165 e. The third-order valence-electron chi connectivity index (χ3n) is 5.26. The maximum atomic E-state index is 14.3. The van der Waals surface area contributed by atoms with Crippen LogP contribution in [-0.4, -0.2) is 6.61 Å². The van der Waals surface area contributed by atoms with E-state index in [1.165, 1.54) is 36.0 Å². The maximum absolute atomic E-state index is 14.3. The Bertz CT molecular complexity index is 881. The topological polar surface area (TPSA) is 9.23 Å². The molecule has 2 heteroatoms. The van der Waals surface area contributed by atoms with E-state index >= 15 is 0 Å². The predicted molar refractivity (Wildman–Crippen MR) is 121 cm³/mol. The Hall–Kier alpha value is -2.61. The number of benzene rings is 3. The first kappa shape index (κ1) is 21.1. The molecule has 1 nitrogen and oxygen atoms in total. The fourth-order valence-electron chi connectivity index (χ4n) is 3.42. The van der Waals surface area contributed by atoms with Gasteiger partial charge in [-0.05, 0) is 59.2 Å². The molecule has 0 atom stereocenters. The highest BCUT2D eigenvalue weighted by atomic mass is 19.1. The zero-order chi connectivity index (χ0) is 20.5. The van der Waals surface area contributed by atoms with E-state index < -0.39 is 0 Å². The number of aryl methyl sites for hydroxylation is 1. The molecular weight excluding hydrogens is 359 g/mol. The van der Waals surface area contributed by atoms with Crippen molar-refractivity contribution in [3.63, 3.8) is 0 Å². The van der Waals surface area contributed by atoms with Crippen LogP contribution in [-0.2, 0) is 6.42 Å². The van der Waals surface area contributed by atoms with Crippen LogP contribution >= 0.6 is 0 Å². The molecule has 0 N–H and O–H groups in total. The van der Waals surface area contributed by atoms with Crippen molar-refractivity contribution in [2.75, 3.05) is 6.61 Å². The minimum atomic E-state index is -0.304. The molecule has 152 valence electrons. The Labute approximate surface area is 174 Å². The van der Waals surface area contributed by atoms with Gasteiger partial charge >= 0.3 is 0 Å². The van der Waals surface area contributed by atoms with Crippen LogP contribution in [0.15, 0.2) is 66.7 Å². The number of hydrogen-bond donors (Lipinski definition) is 0. The van der Waals surface area contributed by atoms with Crippen LogP contribution in [0.1, 0.15) is 51.5 Å². The summed E-state index contributed by atoms with van der Waals surface area (Å²) in [6.07, 6.45) is 6.91. The summed E-state index contributed by atoms with van der Waals surface area (Å²) in [5.74, 6) is 0.0270. The van der Waals surface area contributed by atoms with Crippen LogP contribution in [0.2, 0.25) is 0 Å². The van der Waals surface area contributed by atoms with Crippen LogP contribution in [0.4, 0.5) is 4.39 Å². The van der Waals surface area contributed by atoms with E-state index in [0.717, 1.165) is 30.4 Å². The Morgan fingerprint density at radius 2 is 1.21 bits per heavy atom. The SMILES string of the molecule is CCCCCc1ccc(-c2ccc(-c3ccc(OCCCC)c(F)c3)cc2)cc1. The molecule has 0 amide bonds. The van der Waals surface area contributed by atoms with Crippen molar-refractivity contribution in [1.82, 2.24) is 0 Å². The largest absolute Gasteiger partial charge is 0.491 e. The van der Waals surface area contributed by atoms with E-state index in [0.29, 0.717) is 12.4 Å². The molecule has 0 aliphatic rings. The van der Waals surface area contributed by atoms with E-state index in [-0.39, 0.29) is 5.82 Å². The summed E-state index contributed by atoms with van der Waals surface area (Å²) in [5.41, 5.74) is 5.65. The first-order valence-electron chi connectivity index (χ1n) is 10.8. The minimum absolute atomic E-state index is 0.304. The van der Waals surface area contributed by atoms with Gasteiger partial charge in [0.1, 0.15) is 0 Å². The summed E-state index contributed by atoms with van der Waals surface area (Å²) >= 11 is 0. The van der Waals surface area contributed by atoms with Crippen molar-refractivity contribution in [1.29, 1.82) is 0 Å². The van der Waals surface area contributed by atoms with Crippen molar-refractivity contribution in [2.24, 2.45) is 0 Å². The quantitative estimate of drug-likeness (QED) is 0.318. The normalized spacial score (nSPS) is 10.9. The number of halogens is 1. The summed E-state index contributed by atoms with van der Waals surface area (Å²) in [5, 5.41) is 0. The van der Waals surface area contributed by atoms with Crippen molar-refractivity contribution in [3.05, 3.63) is 78.1 Å². The Kier molecular flexibility index (Phi) is 7.86. The summed E-state index contributed by atoms with van der Waals surface area (Å²) < 4.78 is 19.8. The van der Waals surface area contributed by atoms with E-state index in [1.54, 1.807) is 12.1 Å². The highest BCUT2D eigenvalue weighted by Crippen LogP contribution is 2.28. The average molecular weight is 391 g/mol. The Balaban J connectivity index is 1.67. The molecule has 0 aliphatic heterocycles. The van der Waals surface area contributed by atoms with Crippen molar-refractivity contribution in [2.45, 2.75) is 52.4 Å². The Morgan fingerprint density at radius 1 is 0.655 bits per heavy atom. The highest BCUT2D eigenvalue weighted by Gasteiger charge is 2.07. The third-order valence-corrected chi connectivity index (χ3v) is 5.26. The first-order valence-corrected chi connectivity index (χ1v) is 10.8. The number of unbranched alkanes of at least 4 members (excludes halogenated alkanes) is 3. The standard InChI is InChI=1S/C27H31FO/c1-3-5-7-8-21-9-11-22(12-10-21)23-13-15-24(16-14-23)25-17-18-27(26(28)20-25)29-19-6-4-2/h9-18,20H,3-8,19H2,1-2H3. The monoisotopic (exact) mass is 390 g/mol.